The van der Waals surface area contributed by atoms with Gasteiger partial charge in [-0.2, -0.15) is 0 Å². The van der Waals surface area contributed by atoms with Gasteiger partial charge in [-0.3, -0.25) is 4.79 Å². The molecule has 3 aromatic carbocycles. The normalized spacial score (nSPS) is 10.3. The number of amides is 1. The van der Waals surface area contributed by atoms with Crippen LogP contribution >= 0.6 is 11.8 Å². The number of rotatable bonds is 7. The van der Waals surface area contributed by atoms with E-state index in [2.05, 4.69) is 17.4 Å². The Labute approximate surface area is 158 Å². The molecule has 0 aliphatic heterocycles. The van der Waals surface area contributed by atoms with Crippen LogP contribution in [0.5, 0.6) is 5.75 Å². The highest BCUT2D eigenvalue weighted by molar-refractivity contribution is 7.98. The van der Waals surface area contributed by atoms with Crippen molar-refractivity contribution in [3.05, 3.63) is 95.6 Å². The standard InChI is InChI=1S/C22H21NO2S/c1-25-21-13-12-18(22(24)23-15-17-8-4-2-5-9-17)14-19(21)16-26-20-10-6-3-7-11-20/h2-14H,15-16H2,1H3,(H,23,24). The van der Waals surface area contributed by atoms with Crippen LogP contribution in [0.4, 0.5) is 0 Å². The average molecular weight is 363 g/mol. The highest BCUT2D eigenvalue weighted by atomic mass is 32.2. The van der Waals surface area contributed by atoms with Crippen LogP contribution in [0.25, 0.3) is 0 Å². The first-order valence-electron chi connectivity index (χ1n) is 8.43. The van der Waals surface area contributed by atoms with Gasteiger partial charge in [0.1, 0.15) is 5.75 Å². The fraction of sp³-hybridized carbons (Fsp3) is 0.136. The van der Waals surface area contributed by atoms with Crippen molar-refractivity contribution in [2.75, 3.05) is 7.11 Å². The maximum Gasteiger partial charge on any atom is 0.251 e. The SMILES string of the molecule is COc1ccc(C(=O)NCc2ccccc2)cc1CSc1ccccc1. The minimum absolute atomic E-state index is 0.0810. The second-order valence-corrected chi connectivity index (χ2v) is 6.85. The van der Waals surface area contributed by atoms with Crippen LogP contribution in [-0.4, -0.2) is 13.0 Å². The Kier molecular flexibility index (Phi) is 6.34. The third kappa shape index (κ3) is 4.90. The van der Waals surface area contributed by atoms with Gasteiger partial charge in [-0.1, -0.05) is 48.5 Å². The highest BCUT2D eigenvalue weighted by Gasteiger charge is 2.11. The van der Waals surface area contributed by atoms with Gasteiger partial charge in [0.05, 0.1) is 7.11 Å². The number of hydrogen-bond acceptors (Lipinski definition) is 3. The van der Waals surface area contributed by atoms with Crippen molar-refractivity contribution in [2.24, 2.45) is 0 Å². The van der Waals surface area contributed by atoms with Gasteiger partial charge in [0.2, 0.25) is 0 Å². The molecular formula is C22H21NO2S. The molecule has 0 heterocycles. The second kappa shape index (κ2) is 9.11. The van der Waals surface area contributed by atoms with Gasteiger partial charge < -0.3 is 10.1 Å². The number of carbonyl (C=O) groups is 1. The minimum Gasteiger partial charge on any atom is -0.496 e. The smallest absolute Gasteiger partial charge is 0.251 e. The Morgan fingerprint density at radius 1 is 0.962 bits per heavy atom. The number of carbonyl (C=O) groups excluding carboxylic acids is 1. The van der Waals surface area contributed by atoms with Crippen LogP contribution in [-0.2, 0) is 12.3 Å². The molecule has 0 unspecified atom stereocenters. The van der Waals surface area contributed by atoms with Crippen LogP contribution in [0.2, 0.25) is 0 Å². The summed E-state index contributed by atoms with van der Waals surface area (Å²) in [6.45, 7) is 0.514. The molecule has 3 aromatic rings. The molecule has 132 valence electrons. The summed E-state index contributed by atoms with van der Waals surface area (Å²) in [7, 11) is 1.65. The van der Waals surface area contributed by atoms with Gasteiger partial charge >= 0.3 is 0 Å². The number of benzene rings is 3. The topological polar surface area (TPSA) is 38.3 Å². The minimum atomic E-state index is -0.0810. The molecule has 3 nitrogen and oxygen atoms in total. The van der Waals surface area contributed by atoms with Crippen LogP contribution in [0.3, 0.4) is 0 Å². The molecule has 0 aliphatic rings. The molecule has 0 aromatic heterocycles. The van der Waals surface area contributed by atoms with Crippen molar-refractivity contribution < 1.29 is 9.53 Å². The summed E-state index contributed by atoms with van der Waals surface area (Å²) in [5.74, 6) is 1.46. The number of ether oxygens (including phenoxy) is 1. The van der Waals surface area contributed by atoms with E-state index in [1.165, 1.54) is 4.90 Å². The van der Waals surface area contributed by atoms with Crippen molar-refractivity contribution in [1.82, 2.24) is 5.32 Å². The van der Waals surface area contributed by atoms with Crippen LogP contribution < -0.4 is 10.1 Å². The van der Waals surface area contributed by atoms with Crippen molar-refractivity contribution in [1.29, 1.82) is 0 Å². The quantitative estimate of drug-likeness (QED) is 0.606. The van der Waals surface area contributed by atoms with Crippen molar-refractivity contribution in [3.8, 4) is 5.75 Å². The molecule has 4 heteroatoms. The molecule has 0 saturated heterocycles. The first-order chi connectivity index (χ1) is 12.8. The van der Waals surface area contributed by atoms with Gasteiger partial charge in [-0.15, -0.1) is 11.8 Å². The van der Waals surface area contributed by atoms with E-state index in [4.69, 9.17) is 4.74 Å². The number of nitrogens with one attached hydrogen (secondary N) is 1. The molecule has 0 saturated carbocycles. The number of hydrogen-bond donors (Lipinski definition) is 1. The zero-order valence-corrected chi connectivity index (χ0v) is 15.5. The molecule has 0 spiro atoms. The van der Waals surface area contributed by atoms with E-state index in [1.54, 1.807) is 24.9 Å². The molecule has 26 heavy (non-hydrogen) atoms. The number of thioether (sulfide) groups is 1. The van der Waals surface area contributed by atoms with E-state index in [9.17, 15) is 4.79 Å². The Balaban J connectivity index is 1.68. The lowest BCUT2D eigenvalue weighted by Crippen LogP contribution is -2.22. The zero-order valence-electron chi connectivity index (χ0n) is 14.6. The zero-order chi connectivity index (χ0) is 18.2. The third-order valence-electron chi connectivity index (χ3n) is 3.98. The fourth-order valence-electron chi connectivity index (χ4n) is 2.59. The van der Waals surface area contributed by atoms with Crippen molar-refractivity contribution >= 4 is 17.7 Å². The molecule has 1 N–H and O–H groups in total. The van der Waals surface area contributed by atoms with Crippen molar-refractivity contribution in [3.63, 3.8) is 0 Å². The van der Waals surface area contributed by atoms with Gasteiger partial charge in [0.15, 0.2) is 0 Å². The summed E-state index contributed by atoms with van der Waals surface area (Å²) in [6, 6.07) is 25.7. The Morgan fingerprint density at radius 2 is 1.65 bits per heavy atom. The van der Waals surface area contributed by atoms with Gasteiger partial charge in [-0.25, -0.2) is 0 Å². The van der Waals surface area contributed by atoms with Crippen molar-refractivity contribution in [2.45, 2.75) is 17.2 Å². The van der Waals surface area contributed by atoms with Crippen LogP contribution in [0.1, 0.15) is 21.5 Å². The van der Waals surface area contributed by atoms with E-state index >= 15 is 0 Å². The fourth-order valence-corrected chi connectivity index (χ4v) is 3.49. The van der Waals surface area contributed by atoms with Crippen LogP contribution in [0.15, 0.2) is 83.8 Å². The molecular weight excluding hydrogens is 342 g/mol. The second-order valence-electron chi connectivity index (χ2n) is 5.80. The lowest BCUT2D eigenvalue weighted by Gasteiger charge is -2.11. The highest BCUT2D eigenvalue weighted by Crippen LogP contribution is 2.28. The van der Waals surface area contributed by atoms with E-state index < -0.39 is 0 Å². The summed E-state index contributed by atoms with van der Waals surface area (Å²) < 4.78 is 5.45. The van der Waals surface area contributed by atoms with Crippen LogP contribution in [0, 0.1) is 0 Å². The van der Waals surface area contributed by atoms with Gasteiger partial charge in [-0.05, 0) is 35.9 Å². The molecule has 0 bridgehead atoms. The molecule has 0 fully saturated rings. The Hall–Kier alpha value is -2.72. The number of methoxy groups -OCH3 is 1. The summed E-state index contributed by atoms with van der Waals surface area (Å²) >= 11 is 1.72. The molecule has 0 aliphatic carbocycles. The lowest BCUT2D eigenvalue weighted by atomic mass is 10.1. The maximum atomic E-state index is 12.5. The van der Waals surface area contributed by atoms with E-state index in [0.717, 1.165) is 22.6 Å². The van der Waals surface area contributed by atoms with Gasteiger partial charge in [0.25, 0.3) is 5.91 Å². The first-order valence-corrected chi connectivity index (χ1v) is 9.41. The molecule has 3 rings (SSSR count). The maximum absolute atomic E-state index is 12.5. The molecule has 0 atom stereocenters. The summed E-state index contributed by atoms with van der Waals surface area (Å²) in [6.07, 6.45) is 0. The van der Waals surface area contributed by atoms with E-state index in [1.807, 2.05) is 60.7 Å². The summed E-state index contributed by atoms with van der Waals surface area (Å²) in [4.78, 5) is 13.7. The monoisotopic (exact) mass is 363 g/mol. The van der Waals surface area contributed by atoms with E-state index in [0.29, 0.717) is 12.1 Å². The average Bonchev–Trinajstić information content (AvgIpc) is 2.71. The molecule has 0 radical (unpaired) electrons. The predicted molar refractivity (Wildman–Crippen MR) is 107 cm³/mol. The van der Waals surface area contributed by atoms with E-state index in [-0.39, 0.29) is 5.91 Å². The summed E-state index contributed by atoms with van der Waals surface area (Å²) in [5, 5.41) is 2.97. The predicted octanol–water partition coefficient (Wildman–Crippen LogP) is 4.92. The summed E-state index contributed by atoms with van der Waals surface area (Å²) in [5.41, 5.74) is 2.73. The Morgan fingerprint density at radius 3 is 2.35 bits per heavy atom. The molecule has 1 amide bonds. The third-order valence-corrected chi connectivity index (χ3v) is 5.04. The lowest BCUT2D eigenvalue weighted by molar-refractivity contribution is 0.0951. The Bertz CT molecular complexity index is 851. The van der Waals surface area contributed by atoms with Gasteiger partial charge in [0, 0.05) is 28.3 Å². The largest absolute Gasteiger partial charge is 0.496 e. The first kappa shape index (κ1) is 18.1.